The molecule has 114 valence electrons. The first-order valence-corrected chi connectivity index (χ1v) is 7.44. The highest BCUT2D eigenvalue weighted by atomic mass is 35.5. The maximum atomic E-state index is 11.9. The van der Waals surface area contributed by atoms with Gasteiger partial charge in [0.15, 0.2) is 0 Å². The van der Waals surface area contributed by atoms with Gasteiger partial charge in [0.25, 0.3) is 0 Å². The molecule has 1 aromatic rings. The fraction of sp³-hybridized carbons (Fsp3) is 0.467. The third-order valence-electron chi connectivity index (χ3n) is 3.81. The van der Waals surface area contributed by atoms with Crippen molar-refractivity contribution in [2.24, 2.45) is 5.92 Å². The first-order valence-electron chi connectivity index (χ1n) is 7.06. The van der Waals surface area contributed by atoms with Crippen LogP contribution in [0.15, 0.2) is 18.2 Å². The predicted molar refractivity (Wildman–Crippen MR) is 82.0 cm³/mol. The van der Waals surface area contributed by atoms with Crippen molar-refractivity contribution in [3.8, 4) is 0 Å². The molecule has 5 nitrogen and oxygen atoms in total. The lowest BCUT2D eigenvalue weighted by atomic mass is 9.87. The maximum absolute atomic E-state index is 11.9. The van der Waals surface area contributed by atoms with Gasteiger partial charge in [-0.2, -0.15) is 0 Å². The molecule has 0 saturated heterocycles. The Hall–Kier alpha value is -1.75. The number of rotatable bonds is 3. The largest absolute Gasteiger partial charge is 0.478 e. The van der Waals surface area contributed by atoms with Crippen LogP contribution in [0, 0.1) is 5.92 Å². The summed E-state index contributed by atoms with van der Waals surface area (Å²) in [6.07, 6.45) is 4.20. The molecule has 0 spiro atoms. The van der Waals surface area contributed by atoms with Gasteiger partial charge in [-0.25, -0.2) is 9.59 Å². The molecule has 1 saturated carbocycles. The molecule has 0 aromatic heterocycles. The number of carboxylic acids is 1. The lowest BCUT2D eigenvalue weighted by molar-refractivity contribution is 0.0697. The van der Waals surface area contributed by atoms with Crippen molar-refractivity contribution in [3.05, 3.63) is 28.8 Å². The van der Waals surface area contributed by atoms with Gasteiger partial charge in [-0.15, -0.1) is 0 Å². The molecule has 0 heterocycles. The van der Waals surface area contributed by atoms with Crippen LogP contribution in [-0.2, 0) is 0 Å². The number of carbonyl (C=O) groups excluding carboxylic acids is 1. The monoisotopic (exact) mass is 310 g/mol. The van der Waals surface area contributed by atoms with E-state index in [-0.39, 0.29) is 22.7 Å². The van der Waals surface area contributed by atoms with Gasteiger partial charge in [0, 0.05) is 11.7 Å². The van der Waals surface area contributed by atoms with E-state index in [0.717, 1.165) is 31.6 Å². The minimum Gasteiger partial charge on any atom is -0.478 e. The lowest BCUT2D eigenvalue weighted by Crippen LogP contribution is -2.39. The zero-order valence-electron chi connectivity index (χ0n) is 11.9. The minimum absolute atomic E-state index is 0.0269. The normalized spacial score (nSPS) is 21.6. The molecular weight excluding hydrogens is 292 g/mol. The lowest BCUT2D eigenvalue weighted by Gasteiger charge is -2.26. The number of carboxylic acid groups (broad SMARTS) is 1. The molecule has 2 amide bonds. The van der Waals surface area contributed by atoms with Gasteiger partial charge in [0.1, 0.15) is 0 Å². The van der Waals surface area contributed by atoms with Gasteiger partial charge >= 0.3 is 12.0 Å². The zero-order valence-corrected chi connectivity index (χ0v) is 12.6. The molecule has 1 aliphatic rings. The molecule has 0 radical (unpaired) electrons. The van der Waals surface area contributed by atoms with Crippen LogP contribution in [0.2, 0.25) is 5.02 Å². The Morgan fingerprint density at radius 3 is 2.52 bits per heavy atom. The van der Waals surface area contributed by atoms with Gasteiger partial charge in [-0.1, -0.05) is 18.5 Å². The zero-order chi connectivity index (χ0) is 15.4. The minimum atomic E-state index is -1.12. The van der Waals surface area contributed by atoms with E-state index in [0.29, 0.717) is 5.69 Å². The summed E-state index contributed by atoms with van der Waals surface area (Å²) in [6, 6.07) is 4.27. The molecule has 0 bridgehead atoms. The van der Waals surface area contributed by atoms with Crippen molar-refractivity contribution in [1.29, 1.82) is 0 Å². The van der Waals surface area contributed by atoms with E-state index < -0.39 is 5.97 Å². The van der Waals surface area contributed by atoms with Crippen molar-refractivity contribution >= 4 is 29.3 Å². The van der Waals surface area contributed by atoms with E-state index in [1.807, 2.05) is 0 Å². The fourth-order valence-electron chi connectivity index (χ4n) is 2.52. The first kappa shape index (κ1) is 15.6. The average Bonchev–Trinajstić information content (AvgIpc) is 2.43. The van der Waals surface area contributed by atoms with Gasteiger partial charge in [-0.3, -0.25) is 0 Å². The summed E-state index contributed by atoms with van der Waals surface area (Å²) in [5.74, 6) is -0.397. The second kappa shape index (κ2) is 6.80. The highest BCUT2D eigenvalue weighted by Crippen LogP contribution is 2.24. The van der Waals surface area contributed by atoms with Crippen LogP contribution in [0.1, 0.15) is 43.0 Å². The summed E-state index contributed by atoms with van der Waals surface area (Å²) in [6.45, 7) is 2.22. The predicted octanol–water partition coefficient (Wildman–Crippen LogP) is 3.74. The van der Waals surface area contributed by atoms with E-state index in [9.17, 15) is 9.59 Å². The Bertz CT molecular complexity index is 540. The molecule has 3 N–H and O–H groups in total. The molecule has 2 rings (SSSR count). The number of aromatic carboxylic acids is 1. The molecule has 0 atom stereocenters. The van der Waals surface area contributed by atoms with Crippen LogP contribution in [0.4, 0.5) is 10.5 Å². The molecule has 1 fully saturated rings. The molecule has 1 aliphatic carbocycles. The average molecular weight is 311 g/mol. The highest BCUT2D eigenvalue weighted by Gasteiger charge is 2.20. The van der Waals surface area contributed by atoms with E-state index in [1.165, 1.54) is 12.1 Å². The Morgan fingerprint density at radius 2 is 1.90 bits per heavy atom. The van der Waals surface area contributed by atoms with Crippen molar-refractivity contribution in [3.63, 3.8) is 0 Å². The van der Waals surface area contributed by atoms with Gasteiger partial charge in [0.2, 0.25) is 0 Å². The van der Waals surface area contributed by atoms with Gasteiger partial charge in [-0.05, 0) is 49.8 Å². The Labute approximate surface area is 128 Å². The first-order chi connectivity index (χ1) is 9.95. The van der Waals surface area contributed by atoms with Crippen molar-refractivity contribution in [2.75, 3.05) is 5.32 Å². The van der Waals surface area contributed by atoms with E-state index in [4.69, 9.17) is 16.7 Å². The van der Waals surface area contributed by atoms with Crippen LogP contribution >= 0.6 is 11.6 Å². The summed E-state index contributed by atoms with van der Waals surface area (Å²) in [5.41, 5.74) is 0.388. The summed E-state index contributed by atoms with van der Waals surface area (Å²) >= 11 is 5.79. The number of anilines is 1. The van der Waals surface area contributed by atoms with E-state index >= 15 is 0 Å². The third kappa shape index (κ3) is 4.36. The van der Waals surface area contributed by atoms with Crippen LogP contribution in [0.25, 0.3) is 0 Å². The smallest absolute Gasteiger partial charge is 0.337 e. The van der Waals surface area contributed by atoms with Crippen LogP contribution < -0.4 is 10.6 Å². The van der Waals surface area contributed by atoms with Gasteiger partial charge in [0.05, 0.1) is 10.6 Å². The molecule has 0 aliphatic heterocycles. The molecule has 6 heteroatoms. The van der Waals surface area contributed by atoms with Crippen molar-refractivity contribution in [1.82, 2.24) is 5.32 Å². The van der Waals surface area contributed by atoms with Crippen LogP contribution in [-0.4, -0.2) is 23.1 Å². The molecular formula is C15H19ClN2O3. The van der Waals surface area contributed by atoms with E-state index in [2.05, 4.69) is 17.6 Å². The maximum Gasteiger partial charge on any atom is 0.337 e. The number of urea groups is 1. The Balaban J connectivity index is 1.93. The second-order valence-corrected chi connectivity index (χ2v) is 5.96. The Kier molecular flexibility index (Phi) is 5.07. The molecule has 0 unspecified atom stereocenters. The van der Waals surface area contributed by atoms with Crippen LogP contribution in [0.5, 0.6) is 0 Å². The number of carbonyl (C=O) groups is 2. The number of hydrogen-bond acceptors (Lipinski definition) is 2. The topological polar surface area (TPSA) is 78.4 Å². The summed E-state index contributed by atoms with van der Waals surface area (Å²) in [4.78, 5) is 22.9. The third-order valence-corrected chi connectivity index (χ3v) is 4.14. The number of benzene rings is 1. The molecule has 21 heavy (non-hydrogen) atoms. The summed E-state index contributed by atoms with van der Waals surface area (Å²) in [5, 5.41) is 14.7. The van der Waals surface area contributed by atoms with Crippen molar-refractivity contribution < 1.29 is 14.7 Å². The second-order valence-electron chi connectivity index (χ2n) is 5.56. The number of hydrogen-bond donors (Lipinski definition) is 3. The molecule has 1 aromatic carbocycles. The Morgan fingerprint density at radius 1 is 1.24 bits per heavy atom. The standard InChI is InChI=1S/C15H19ClN2O3/c1-9-2-4-10(5-3-9)17-15(21)18-11-6-7-13(16)12(8-11)14(19)20/h6-10H,2-5H2,1H3,(H,19,20)(H2,17,18,21). The van der Waals surface area contributed by atoms with Gasteiger partial charge < -0.3 is 15.7 Å². The van der Waals surface area contributed by atoms with E-state index in [1.54, 1.807) is 6.07 Å². The SMILES string of the molecule is CC1CCC(NC(=O)Nc2ccc(Cl)c(C(=O)O)c2)CC1. The number of amides is 2. The number of nitrogens with one attached hydrogen (secondary N) is 2. The van der Waals surface area contributed by atoms with Crippen LogP contribution in [0.3, 0.4) is 0 Å². The number of halogens is 1. The van der Waals surface area contributed by atoms with Crippen molar-refractivity contribution in [2.45, 2.75) is 38.6 Å². The highest BCUT2D eigenvalue weighted by molar-refractivity contribution is 6.33. The fourth-order valence-corrected chi connectivity index (χ4v) is 2.72. The quantitative estimate of drug-likeness (QED) is 0.795. The summed E-state index contributed by atoms with van der Waals surface area (Å²) in [7, 11) is 0. The summed E-state index contributed by atoms with van der Waals surface area (Å²) < 4.78 is 0.